The number of nitrogens with zero attached hydrogens (tertiary/aromatic N) is 1. The van der Waals surface area contributed by atoms with Crippen LogP contribution >= 0.6 is 22.6 Å². The lowest BCUT2D eigenvalue weighted by Crippen LogP contribution is -2.63. The standard InChI is InChI=1S/C29H34F3IN2O3/c1-28(2,24(36)14-18-6-4-3-5-7-18)12-13-29(38)16-35(17-29)27(37)20-9-10-21(30)25(32)26(20)34-23-11-8-19(33)15-22(23)31/h8-11,15,18,34,38H,3-7,12-14,16-17H2,1-2H3. The Balaban J connectivity index is 1.39. The summed E-state index contributed by atoms with van der Waals surface area (Å²) >= 11 is 1.93. The lowest BCUT2D eigenvalue weighted by Gasteiger charge is -2.47. The summed E-state index contributed by atoms with van der Waals surface area (Å²) in [6.45, 7) is 3.84. The van der Waals surface area contributed by atoms with Crippen LogP contribution in [-0.4, -0.2) is 40.4 Å². The summed E-state index contributed by atoms with van der Waals surface area (Å²) in [5, 5.41) is 13.5. The molecule has 4 rings (SSSR count). The Morgan fingerprint density at radius 2 is 1.76 bits per heavy atom. The molecule has 2 aromatic carbocycles. The van der Waals surface area contributed by atoms with Crippen LogP contribution in [0.4, 0.5) is 24.5 Å². The number of carbonyl (C=O) groups is 2. The van der Waals surface area contributed by atoms with Crippen LogP contribution in [-0.2, 0) is 4.79 Å². The van der Waals surface area contributed by atoms with Crippen molar-refractivity contribution < 1.29 is 27.9 Å². The molecule has 1 saturated carbocycles. The van der Waals surface area contributed by atoms with Crippen molar-refractivity contribution in [1.29, 1.82) is 0 Å². The van der Waals surface area contributed by atoms with Gasteiger partial charge in [-0.1, -0.05) is 46.0 Å². The van der Waals surface area contributed by atoms with Gasteiger partial charge in [-0.15, -0.1) is 0 Å². The molecule has 0 unspecified atom stereocenters. The molecule has 0 aromatic heterocycles. The van der Waals surface area contributed by atoms with Crippen LogP contribution in [0.3, 0.4) is 0 Å². The highest BCUT2D eigenvalue weighted by Gasteiger charge is 2.45. The van der Waals surface area contributed by atoms with Gasteiger partial charge in [0.15, 0.2) is 11.6 Å². The van der Waals surface area contributed by atoms with E-state index in [-0.39, 0.29) is 30.1 Å². The van der Waals surface area contributed by atoms with Gasteiger partial charge >= 0.3 is 0 Å². The topological polar surface area (TPSA) is 69.6 Å². The van der Waals surface area contributed by atoms with Crippen molar-refractivity contribution in [2.24, 2.45) is 11.3 Å². The number of amides is 1. The van der Waals surface area contributed by atoms with Gasteiger partial charge in [0.25, 0.3) is 5.91 Å². The van der Waals surface area contributed by atoms with E-state index in [2.05, 4.69) is 5.32 Å². The second kappa shape index (κ2) is 11.5. The Hall–Kier alpha value is -2.14. The summed E-state index contributed by atoms with van der Waals surface area (Å²) in [6.07, 6.45) is 7.19. The van der Waals surface area contributed by atoms with Crippen molar-refractivity contribution >= 4 is 45.7 Å². The lowest BCUT2D eigenvalue weighted by atomic mass is 9.74. The van der Waals surface area contributed by atoms with Gasteiger partial charge in [-0.3, -0.25) is 9.59 Å². The Bertz CT molecular complexity index is 1210. The minimum absolute atomic E-state index is 0.00899. The van der Waals surface area contributed by atoms with Crippen molar-refractivity contribution in [2.45, 2.75) is 70.8 Å². The number of likely N-dealkylation sites (tertiary alicyclic amines) is 1. The number of anilines is 2. The summed E-state index contributed by atoms with van der Waals surface area (Å²) < 4.78 is 43.8. The van der Waals surface area contributed by atoms with Gasteiger partial charge in [0.05, 0.1) is 35.6 Å². The molecule has 2 aromatic rings. The van der Waals surface area contributed by atoms with Crippen molar-refractivity contribution in [1.82, 2.24) is 4.90 Å². The van der Waals surface area contributed by atoms with Gasteiger partial charge in [-0.25, -0.2) is 13.2 Å². The van der Waals surface area contributed by atoms with Gasteiger partial charge < -0.3 is 15.3 Å². The van der Waals surface area contributed by atoms with E-state index in [0.717, 1.165) is 25.0 Å². The number of hydrogen-bond donors (Lipinski definition) is 2. The molecule has 0 bridgehead atoms. The highest BCUT2D eigenvalue weighted by molar-refractivity contribution is 14.1. The Morgan fingerprint density at radius 3 is 2.42 bits per heavy atom. The fourth-order valence-corrected chi connectivity index (χ4v) is 5.78. The van der Waals surface area contributed by atoms with E-state index in [0.29, 0.717) is 28.8 Å². The van der Waals surface area contributed by atoms with Gasteiger partial charge in [-0.2, -0.15) is 0 Å². The van der Waals surface area contributed by atoms with Crippen LogP contribution < -0.4 is 5.32 Å². The highest BCUT2D eigenvalue weighted by atomic mass is 127. The third kappa shape index (κ3) is 6.52. The number of β-amino-alcohol motifs (C(OH)–C–C–N with tert-alkyl or cyclic N) is 1. The lowest BCUT2D eigenvalue weighted by molar-refractivity contribution is -0.131. The minimum Gasteiger partial charge on any atom is -0.386 e. The van der Waals surface area contributed by atoms with Gasteiger partial charge in [0.1, 0.15) is 11.6 Å². The van der Waals surface area contributed by atoms with Crippen molar-refractivity contribution in [3.05, 3.63) is 56.9 Å². The molecule has 1 amide bonds. The molecule has 38 heavy (non-hydrogen) atoms. The number of carbonyl (C=O) groups excluding carboxylic acids is 2. The van der Waals surface area contributed by atoms with Crippen molar-refractivity contribution in [3.8, 4) is 0 Å². The molecule has 1 heterocycles. The minimum atomic E-state index is -1.29. The summed E-state index contributed by atoms with van der Waals surface area (Å²) in [6, 6.07) is 6.22. The summed E-state index contributed by atoms with van der Waals surface area (Å²) in [5.41, 5.74) is -2.45. The third-order valence-electron chi connectivity index (χ3n) is 7.94. The number of aliphatic hydroxyl groups is 1. The fourth-order valence-electron chi connectivity index (χ4n) is 5.33. The summed E-state index contributed by atoms with van der Waals surface area (Å²) in [7, 11) is 0. The van der Waals surface area contributed by atoms with E-state index >= 15 is 0 Å². The average Bonchev–Trinajstić information content (AvgIpc) is 2.85. The van der Waals surface area contributed by atoms with Crippen molar-refractivity contribution in [3.63, 3.8) is 0 Å². The molecule has 1 aliphatic carbocycles. The van der Waals surface area contributed by atoms with Crippen LogP contribution in [0.5, 0.6) is 0 Å². The number of hydrogen-bond acceptors (Lipinski definition) is 4. The zero-order valence-electron chi connectivity index (χ0n) is 21.8. The largest absolute Gasteiger partial charge is 0.386 e. The Labute approximate surface area is 235 Å². The molecule has 2 aliphatic rings. The third-order valence-corrected chi connectivity index (χ3v) is 8.61. The van der Waals surface area contributed by atoms with Gasteiger partial charge in [-0.05, 0) is 71.7 Å². The van der Waals surface area contributed by atoms with Gasteiger partial charge in [0, 0.05) is 15.4 Å². The van der Waals surface area contributed by atoms with Crippen LogP contribution in [0.2, 0.25) is 0 Å². The number of halogens is 4. The van der Waals surface area contributed by atoms with E-state index in [9.17, 15) is 27.9 Å². The van der Waals surface area contributed by atoms with Gasteiger partial charge in [0.2, 0.25) is 0 Å². The Kier molecular flexibility index (Phi) is 8.76. The normalized spacial score (nSPS) is 17.7. The molecule has 1 aliphatic heterocycles. The maximum absolute atomic E-state index is 14.7. The molecular formula is C29H34F3IN2O3. The number of nitrogens with one attached hydrogen (secondary N) is 1. The SMILES string of the molecule is CC(C)(CCC1(O)CN(C(=O)c2ccc(F)c(F)c2Nc2ccc(I)cc2F)C1)C(=O)CC1CCCCC1. The second-order valence-corrected chi connectivity index (χ2v) is 12.7. The predicted octanol–water partition coefficient (Wildman–Crippen LogP) is 6.98. The summed E-state index contributed by atoms with van der Waals surface area (Å²) in [5.74, 6) is -3.08. The number of rotatable bonds is 9. The molecule has 0 spiro atoms. The first-order chi connectivity index (χ1) is 17.9. The maximum atomic E-state index is 14.7. The first-order valence-electron chi connectivity index (χ1n) is 13.1. The second-order valence-electron chi connectivity index (χ2n) is 11.4. The molecule has 2 N–H and O–H groups in total. The molecule has 0 atom stereocenters. The van der Waals surface area contributed by atoms with E-state index in [1.165, 1.54) is 36.3 Å². The highest BCUT2D eigenvalue weighted by Crippen LogP contribution is 2.37. The average molecular weight is 642 g/mol. The molecular weight excluding hydrogens is 608 g/mol. The van der Waals surface area contributed by atoms with Crippen LogP contribution in [0.15, 0.2) is 30.3 Å². The zero-order valence-corrected chi connectivity index (χ0v) is 23.9. The quantitative estimate of drug-likeness (QED) is 0.290. The van der Waals surface area contributed by atoms with E-state index < -0.39 is 40.1 Å². The number of ketones is 1. The maximum Gasteiger partial charge on any atom is 0.256 e. The molecule has 0 radical (unpaired) electrons. The van der Waals surface area contributed by atoms with Crippen LogP contribution in [0, 0.1) is 32.4 Å². The fraction of sp³-hybridized carbons (Fsp3) is 0.517. The summed E-state index contributed by atoms with van der Waals surface area (Å²) in [4.78, 5) is 27.5. The molecule has 9 heteroatoms. The van der Waals surface area contributed by atoms with Crippen LogP contribution in [0.1, 0.15) is 75.6 Å². The monoisotopic (exact) mass is 642 g/mol. The molecule has 1 saturated heterocycles. The first kappa shape index (κ1) is 28.9. The predicted molar refractivity (Wildman–Crippen MR) is 149 cm³/mol. The van der Waals surface area contributed by atoms with Crippen molar-refractivity contribution in [2.75, 3.05) is 18.4 Å². The zero-order chi connectivity index (χ0) is 27.7. The van der Waals surface area contributed by atoms with E-state index in [4.69, 9.17) is 0 Å². The molecule has 5 nitrogen and oxygen atoms in total. The number of benzene rings is 2. The van der Waals surface area contributed by atoms with E-state index in [1.54, 1.807) is 6.07 Å². The number of Topliss-reactive ketones (excluding diaryl/α,β-unsaturated/α-hetero) is 1. The Morgan fingerprint density at radius 1 is 1.08 bits per heavy atom. The first-order valence-corrected chi connectivity index (χ1v) is 14.2. The smallest absolute Gasteiger partial charge is 0.256 e. The molecule has 206 valence electrons. The van der Waals surface area contributed by atoms with Crippen LogP contribution in [0.25, 0.3) is 0 Å². The van der Waals surface area contributed by atoms with E-state index in [1.807, 2.05) is 36.4 Å². The molecule has 2 fully saturated rings.